The molecular formula is C17H30N2OS. The van der Waals surface area contributed by atoms with E-state index < -0.39 is 0 Å². The molecule has 0 bridgehead atoms. The first-order valence-electron chi connectivity index (χ1n) is 8.13. The van der Waals surface area contributed by atoms with E-state index in [4.69, 9.17) is 4.74 Å². The minimum atomic E-state index is 0.737. The molecule has 1 unspecified atom stereocenters. The Hall–Kier alpha value is -0.900. The Morgan fingerprint density at radius 3 is 2.81 bits per heavy atom. The van der Waals surface area contributed by atoms with Crippen LogP contribution in [0.15, 0.2) is 12.3 Å². The molecule has 4 heteroatoms. The first kappa shape index (κ1) is 18.1. The summed E-state index contributed by atoms with van der Waals surface area (Å²) >= 11 is 4.30. The van der Waals surface area contributed by atoms with Gasteiger partial charge in [0.05, 0.1) is 7.11 Å². The van der Waals surface area contributed by atoms with Gasteiger partial charge in [0.2, 0.25) is 5.88 Å². The van der Waals surface area contributed by atoms with Crippen LogP contribution in [0.5, 0.6) is 5.88 Å². The molecule has 21 heavy (non-hydrogen) atoms. The van der Waals surface area contributed by atoms with Crippen LogP contribution in [0.2, 0.25) is 0 Å². The smallest absolute Gasteiger partial charge is 0.237 e. The van der Waals surface area contributed by atoms with Crippen LogP contribution in [0.3, 0.4) is 0 Å². The van der Waals surface area contributed by atoms with Crippen LogP contribution >= 0.6 is 12.6 Å². The normalized spacial score (nSPS) is 18.5. The van der Waals surface area contributed by atoms with Crippen molar-refractivity contribution in [3.63, 3.8) is 0 Å². The number of pyridine rings is 1. The minimum Gasteiger partial charge on any atom is -0.480 e. The molecule has 2 rings (SSSR count). The Balaban J connectivity index is 0.00000106. The maximum Gasteiger partial charge on any atom is 0.237 e. The van der Waals surface area contributed by atoms with E-state index in [2.05, 4.69) is 35.5 Å². The second-order valence-electron chi connectivity index (χ2n) is 5.39. The van der Waals surface area contributed by atoms with Crippen LogP contribution in [-0.2, 0) is 6.42 Å². The lowest BCUT2D eigenvalue weighted by molar-refractivity contribution is 0.396. The number of rotatable bonds is 4. The number of aromatic nitrogens is 1. The molecule has 0 N–H and O–H groups in total. The number of nitrogens with zero attached hydrogens (tertiary/aromatic N) is 2. The van der Waals surface area contributed by atoms with Gasteiger partial charge in [-0.25, -0.2) is 4.98 Å². The van der Waals surface area contributed by atoms with Crippen LogP contribution in [0.1, 0.15) is 45.6 Å². The Morgan fingerprint density at radius 2 is 2.14 bits per heavy atom. The zero-order chi connectivity index (χ0) is 15.7. The molecule has 1 aliphatic rings. The van der Waals surface area contributed by atoms with Crippen molar-refractivity contribution in [3.8, 4) is 5.88 Å². The van der Waals surface area contributed by atoms with Gasteiger partial charge in [0.15, 0.2) is 0 Å². The standard InChI is InChI=1S/C15H24N2OS.C2H6/c1-12-5-3-4-7-17(11-12)14-9-13(6-8-19)10-16-15(14)18-2;1-2/h9-10,12,19H,3-8,11H2,1-2H3;1-2H3. The maximum absolute atomic E-state index is 5.44. The molecule has 2 heterocycles. The van der Waals surface area contributed by atoms with Gasteiger partial charge < -0.3 is 9.64 Å². The average molecular weight is 311 g/mol. The van der Waals surface area contributed by atoms with Gasteiger partial charge >= 0.3 is 0 Å². The largest absolute Gasteiger partial charge is 0.480 e. The predicted octanol–water partition coefficient (Wildman–Crippen LogP) is 4.22. The molecule has 0 saturated carbocycles. The fourth-order valence-corrected chi connectivity index (χ4v) is 2.96. The summed E-state index contributed by atoms with van der Waals surface area (Å²) in [5.74, 6) is 2.34. The number of hydrogen-bond donors (Lipinski definition) is 1. The number of anilines is 1. The lowest BCUT2D eigenvalue weighted by Crippen LogP contribution is -2.28. The highest BCUT2D eigenvalue weighted by Gasteiger charge is 2.19. The van der Waals surface area contributed by atoms with Gasteiger partial charge in [0.25, 0.3) is 0 Å². The predicted molar refractivity (Wildman–Crippen MR) is 94.9 cm³/mol. The SMILES string of the molecule is CC.COc1ncc(CCS)cc1N1CCCCC(C)C1. The molecule has 1 saturated heterocycles. The Morgan fingerprint density at radius 1 is 1.38 bits per heavy atom. The molecule has 1 aromatic heterocycles. The van der Waals surface area contributed by atoms with E-state index in [-0.39, 0.29) is 0 Å². The van der Waals surface area contributed by atoms with E-state index >= 15 is 0 Å². The summed E-state index contributed by atoms with van der Waals surface area (Å²) in [6.07, 6.45) is 6.76. The molecule has 1 aliphatic heterocycles. The number of ether oxygens (including phenoxy) is 1. The number of thiol groups is 1. The van der Waals surface area contributed by atoms with Crippen LogP contribution in [0, 0.1) is 5.92 Å². The lowest BCUT2D eigenvalue weighted by atomic mass is 10.1. The van der Waals surface area contributed by atoms with E-state index in [0.29, 0.717) is 0 Å². The van der Waals surface area contributed by atoms with Crippen molar-refractivity contribution in [3.05, 3.63) is 17.8 Å². The minimum absolute atomic E-state index is 0.737. The maximum atomic E-state index is 5.44. The summed E-state index contributed by atoms with van der Waals surface area (Å²) in [5, 5.41) is 0. The van der Waals surface area contributed by atoms with Crippen molar-refractivity contribution in [1.82, 2.24) is 4.98 Å². The first-order valence-corrected chi connectivity index (χ1v) is 8.76. The van der Waals surface area contributed by atoms with Crippen LogP contribution in [0.25, 0.3) is 0 Å². The van der Waals surface area contributed by atoms with Crippen LogP contribution in [0.4, 0.5) is 5.69 Å². The summed E-state index contributed by atoms with van der Waals surface area (Å²) in [6.45, 7) is 8.53. The van der Waals surface area contributed by atoms with Crippen molar-refractivity contribution >= 4 is 18.3 Å². The Bertz CT molecular complexity index is 412. The number of methoxy groups -OCH3 is 1. The summed E-state index contributed by atoms with van der Waals surface area (Å²) in [5.41, 5.74) is 2.39. The summed E-state index contributed by atoms with van der Waals surface area (Å²) < 4.78 is 5.44. The summed E-state index contributed by atoms with van der Waals surface area (Å²) in [6, 6.07) is 2.22. The number of aryl methyl sites for hydroxylation is 1. The Labute approximate surface area is 135 Å². The van der Waals surface area contributed by atoms with Crippen LogP contribution in [-0.4, -0.2) is 30.9 Å². The molecule has 120 valence electrons. The molecule has 0 radical (unpaired) electrons. The van der Waals surface area contributed by atoms with E-state index in [0.717, 1.165) is 42.7 Å². The van der Waals surface area contributed by atoms with Crippen molar-refractivity contribution in [2.45, 2.75) is 46.5 Å². The lowest BCUT2D eigenvalue weighted by Gasteiger charge is -2.26. The third kappa shape index (κ3) is 5.42. The molecule has 0 amide bonds. The van der Waals surface area contributed by atoms with E-state index in [1.54, 1.807) is 7.11 Å². The molecule has 0 spiro atoms. The molecule has 1 fully saturated rings. The van der Waals surface area contributed by atoms with Gasteiger partial charge in [-0.15, -0.1) is 0 Å². The molecular weight excluding hydrogens is 280 g/mol. The third-order valence-corrected chi connectivity index (χ3v) is 3.95. The van der Waals surface area contributed by atoms with Gasteiger partial charge in [-0.1, -0.05) is 27.2 Å². The number of hydrogen-bond acceptors (Lipinski definition) is 4. The molecule has 1 atom stereocenters. The monoisotopic (exact) mass is 310 g/mol. The fourth-order valence-electron chi connectivity index (χ4n) is 2.70. The van der Waals surface area contributed by atoms with E-state index in [1.165, 1.54) is 24.8 Å². The summed E-state index contributed by atoms with van der Waals surface area (Å²) in [4.78, 5) is 6.88. The summed E-state index contributed by atoms with van der Waals surface area (Å²) in [7, 11) is 1.70. The molecule has 3 nitrogen and oxygen atoms in total. The van der Waals surface area contributed by atoms with Gasteiger partial charge in [0.1, 0.15) is 5.69 Å². The van der Waals surface area contributed by atoms with E-state index in [9.17, 15) is 0 Å². The molecule has 0 aromatic carbocycles. The quantitative estimate of drug-likeness (QED) is 0.843. The molecule has 0 aliphatic carbocycles. The highest BCUT2D eigenvalue weighted by molar-refractivity contribution is 7.80. The highest BCUT2D eigenvalue weighted by Crippen LogP contribution is 2.30. The Kier molecular flexibility index (Phi) is 8.58. The van der Waals surface area contributed by atoms with Gasteiger partial charge in [0, 0.05) is 19.3 Å². The first-order chi connectivity index (χ1) is 10.2. The van der Waals surface area contributed by atoms with E-state index in [1.807, 2.05) is 20.0 Å². The van der Waals surface area contributed by atoms with Gasteiger partial charge in [-0.2, -0.15) is 12.6 Å². The third-order valence-electron chi connectivity index (χ3n) is 3.73. The average Bonchev–Trinajstić information content (AvgIpc) is 2.74. The zero-order valence-electron chi connectivity index (χ0n) is 13.9. The van der Waals surface area contributed by atoms with Crippen molar-refractivity contribution in [2.75, 3.05) is 30.9 Å². The van der Waals surface area contributed by atoms with Crippen molar-refractivity contribution in [1.29, 1.82) is 0 Å². The highest BCUT2D eigenvalue weighted by atomic mass is 32.1. The van der Waals surface area contributed by atoms with Crippen molar-refractivity contribution < 1.29 is 4.74 Å². The van der Waals surface area contributed by atoms with Crippen LogP contribution < -0.4 is 9.64 Å². The molecule has 1 aromatic rings. The fraction of sp³-hybridized carbons (Fsp3) is 0.706. The topological polar surface area (TPSA) is 25.4 Å². The second-order valence-corrected chi connectivity index (χ2v) is 5.84. The van der Waals surface area contributed by atoms with Gasteiger partial charge in [-0.05, 0) is 42.6 Å². The van der Waals surface area contributed by atoms with Crippen molar-refractivity contribution in [2.24, 2.45) is 5.92 Å². The zero-order valence-corrected chi connectivity index (χ0v) is 14.8. The van der Waals surface area contributed by atoms with Gasteiger partial charge in [-0.3, -0.25) is 0 Å². The second kappa shape index (κ2) is 9.93.